The quantitative estimate of drug-likeness (QED) is 0.338. The van der Waals surface area contributed by atoms with E-state index in [0.717, 1.165) is 22.4 Å². The first-order valence-corrected chi connectivity index (χ1v) is 11.5. The van der Waals surface area contributed by atoms with E-state index in [1.807, 2.05) is 54.6 Å². The topological polar surface area (TPSA) is 149 Å². The van der Waals surface area contributed by atoms with Gasteiger partial charge in [-0.3, -0.25) is 9.89 Å². The Morgan fingerprint density at radius 1 is 1.00 bits per heavy atom. The molecule has 1 aliphatic heterocycles. The highest BCUT2D eigenvalue weighted by atomic mass is 16.5. The Morgan fingerprint density at radius 2 is 1.68 bits per heavy atom. The number of carbonyl (C=O) groups is 1. The maximum atomic E-state index is 11.0. The Kier molecular flexibility index (Phi) is 6.46. The van der Waals surface area contributed by atoms with Crippen LogP contribution in [0.25, 0.3) is 11.3 Å². The fraction of sp³-hybridized carbons (Fsp3) is 0.107. The number of hydrogen-bond donors (Lipinski definition) is 3. The maximum absolute atomic E-state index is 11.0. The van der Waals surface area contributed by atoms with Crippen LogP contribution in [-0.4, -0.2) is 22.7 Å². The van der Waals surface area contributed by atoms with Crippen molar-refractivity contribution >= 4 is 5.91 Å². The summed E-state index contributed by atoms with van der Waals surface area (Å²) in [6.45, 7) is 0.234. The molecule has 0 saturated heterocycles. The molecule has 0 aliphatic carbocycles. The van der Waals surface area contributed by atoms with Crippen LogP contribution in [0.3, 0.4) is 0 Å². The molecule has 3 aromatic carbocycles. The van der Waals surface area contributed by atoms with Gasteiger partial charge in [0.15, 0.2) is 6.61 Å². The van der Waals surface area contributed by atoms with Crippen molar-refractivity contribution in [3.63, 3.8) is 0 Å². The molecule has 9 heteroatoms. The normalized spacial score (nSPS) is 14.3. The van der Waals surface area contributed by atoms with Crippen LogP contribution in [0, 0.1) is 11.3 Å². The standard InChI is InChI=1S/C28H23N5O4/c29-14-22-24(18-6-10-21(11-7-18)36-16-23(30)34)25-26(32-33-28(25)37-27(22)31)19-8-12-20(13-9-19)35-15-17-4-2-1-3-5-17/h1-13,24H,15-16,31H2,(H2,30,34)(H,32,33). The molecule has 1 aliphatic rings. The molecule has 1 unspecified atom stereocenters. The molecular weight excluding hydrogens is 470 g/mol. The van der Waals surface area contributed by atoms with Gasteiger partial charge in [-0.2, -0.15) is 5.26 Å². The Hall–Kier alpha value is -5.23. The molecule has 5 N–H and O–H groups in total. The SMILES string of the molecule is N#CC1=C(N)Oc2n[nH]c(-c3ccc(OCc4ccccc4)cc3)c2C1c1ccc(OCC(N)=O)cc1. The highest BCUT2D eigenvalue weighted by Gasteiger charge is 2.35. The Morgan fingerprint density at radius 3 is 2.35 bits per heavy atom. The third-order valence-corrected chi connectivity index (χ3v) is 5.92. The number of carbonyl (C=O) groups excluding carboxylic acids is 1. The summed E-state index contributed by atoms with van der Waals surface area (Å²) in [5, 5.41) is 17.3. The molecule has 9 nitrogen and oxygen atoms in total. The number of allylic oxidation sites excluding steroid dienone is 1. The van der Waals surface area contributed by atoms with E-state index in [2.05, 4.69) is 16.3 Å². The van der Waals surface area contributed by atoms with Crippen LogP contribution in [0.4, 0.5) is 0 Å². The number of amides is 1. The average molecular weight is 494 g/mol. The van der Waals surface area contributed by atoms with Crippen molar-refractivity contribution in [2.75, 3.05) is 6.61 Å². The second-order valence-electron chi connectivity index (χ2n) is 8.36. The molecule has 0 fully saturated rings. The van der Waals surface area contributed by atoms with Crippen molar-refractivity contribution < 1.29 is 19.0 Å². The predicted octanol–water partition coefficient (Wildman–Crippen LogP) is 3.74. The van der Waals surface area contributed by atoms with Gasteiger partial charge in [-0.15, -0.1) is 5.10 Å². The van der Waals surface area contributed by atoms with Crippen molar-refractivity contribution in [1.82, 2.24) is 10.2 Å². The number of H-pyrrole nitrogens is 1. The summed E-state index contributed by atoms with van der Waals surface area (Å²) in [5.41, 5.74) is 15.6. The van der Waals surface area contributed by atoms with Gasteiger partial charge in [-0.05, 0) is 47.5 Å². The minimum absolute atomic E-state index is 0.00300. The number of nitrogens with zero attached hydrogens (tertiary/aromatic N) is 2. The zero-order chi connectivity index (χ0) is 25.8. The van der Waals surface area contributed by atoms with E-state index >= 15 is 0 Å². The summed E-state index contributed by atoms with van der Waals surface area (Å²) >= 11 is 0. The summed E-state index contributed by atoms with van der Waals surface area (Å²) < 4.78 is 16.9. The molecule has 37 heavy (non-hydrogen) atoms. The molecule has 184 valence electrons. The van der Waals surface area contributed by atoms with Gasteiger partial charge in [-0.25, -0.2) is 0 Å². The molecule has 1 amide bonds. The van der Waals surface area contributed by atoms with Crippen LogP contribution in [-0.2, 0) is 11.4 Å². The zero-order valence-corrected chi connectivity index (χ0v) is 19.7. The Bertz CT molecular complexity index is 1490. The van der Waals surface area contributed by atoms with E-state index in [4.69, 9.17) is 25.7 Å². The van der Waals surface area contributed by atoms with Crippen molar-refractivity contribution in [3.8, 4) is 34.7 Å². The van der Waals surface area contributed by atoms with Gasteiger partial charge in [0.25, 0.3) is 5.91 Å². The van der Waals surface area contributed by atoms with E-state index in [-0.39, 0.29) is 18.1 Å². The zero-order valence-electron chi connectivity index (χ0n) is 19.7. The Balaban J connectivity index is 1.44. The lowest BCUT2D eigenvalue weighted by Crippen LogP contribution is -2.21. The molecule has 0 bridgehead atoms. The molecule has 1 aromatic heterocycles. The number of aromatic nitrogens is 2. The summed E-state index contributed by atoms with van der Waals surface area (Å²) in [4.78, 5) is 11.0. The lowest BCUT2D eigenvalue weighted by atomic mass is 9.83. The number of nitriles is 1. The van der Waals surface area contributed by atoms with Gasteiger partial charge in [0.2, 0.25) is 11.8 Å². The number of hydrogen-bond acceptors (Lipinski definition) is 7. The smallest absolute Gasteiger partial charge is 0.255 e. The second kappa shape index (κ2) is 10.2. The lowest BCUT2D eigenvalue weighted by molar-refractivity contribution is -0.119. The average Bonchev–Trinajstić information content (AvgIpc) is 3.34. The summed E-state index contributed by atoms with van der Waals surface area (Å²) in [5.74, 6) is 0.402. The molecule has 0 saturated carbocycles. The molecule has 0 radical (unpaired) electrons. The number of fused-ring (bicyclic) bond motifs is 1. The highest BCUT2D eigenvalue weighted by molar-refractivity contribution is 5.75. The molecule has 4 aromatic rings. The van der Waals surface area contributed by atoms with E-state index < -0.39 is 11.8 Å². The van der Waals surface area contributed by atoms with E-state index in [1.165, 1.54) is 0 Å². The van der Waals surface area contributed by atoms with Gasteiger partial charge in [0, 0.05) is 5.56 Å². The third kappa shape index (κ3) is 4.94. The number of primary amides is 1. The molecular formula is C28H23N5O4. The predicted molar refractivity (Wildman–Crippen MR) is 135 cm³/mol. The van der Waals surface area contributed by atoms with Crippen molar-refractivity contribution in [2.24, 2.45) is 11.5 Å². The summed E-state index contributed by atoms with van der Waals surface area (Å²) in [6, 6.07) is 26.7. The molecule has 0 spiro atoms. The van der Waals surface area contributed by atoms with Crippen LogP contribution in [0.15, 0.2) is 90.3 Å². The Labute approximate surface area is 212 Å². The monoisotopic (exact) mass is 493 g/mol. The molecule has 5 rings (SSSR count). The second-order valence-corrected chi connectivity index (χ2v) is 8.36. The first kappa shape index (κ1) is 23.5. The van der Waals surface area contributed by atoms with E-state index in [1.54, 1.807) is 24.3 Å². The third-order valence-electron chi connectivity index (χ3n) is 5.92. The summed E-state index contributed by atoms with van der Waals surface area (Å²) in [6.07, 6.45) is 0. The summed E-state index contributed by atoms with van der Waals surface area (Å²) in [7, 11) is 0. The number of aromatic amines is 1. The van der Waals surface area contributed by atoms with Crippen molar-refractivity contribution in [1.29, 1.82) is 5.26 Å². The number of ether oxygens (including phenoxy) is 3. The largest absolute Gasteiger partial charge is 0.489 e. The van der Waals surface area contributed by atoms with Gasteiger partial charge >= 0.3 is 0 Å². The first-order chi connectivity index (χ1) is 18.0. The lowest BCUT2D eigenvalue weighted by Gasteiger charge is -2.24. The fourth-order valence-corrected chi connectivity index (χ4v) is 4.17. The van der Waals surface area contributed by atoms with E-state index in [9.17, 15) is 10.1 Å². The fourth-order valence-electron chi connectivity index (χ4n) is 4.17. The maximum Gasteiger partial charge on any atom is 0.255 e. The van der Waals surface area contributed by atoms with Crippen LogP contribution < -0.4 is 25.7 Å². The van der Waals surface area contributed by atoms with Crippen molar-refractivity contribution in [2.45, 2.75) is 12.5 Å². The van der Waals surface area contributed by atoms with Crippen LogP contribution in [0.2, 0.25) is 0 Å². The van der Waals surface area contributed by atoms with Gasteiger partial charge < -0.3 is 25.7 Å². The number of rotatable bonds is 8. The molecule has 1 atom stereocenters. The number of benzene rings is 3. The molecule has 2 heterocycles. The van der Waals surface area contributed by atoms with Crippen LogP contribution in [0.5, 0.6) is 17.4 Å². The minimum atomic E-state index is -0.569. The van der Waals surface area contributed by atoms with Crippen LogP contribution >= 0.6 is 0 Å². The number of nitrogens with two attached hydrogens (primary N) is 2. The van der Waals surface area contributed by atoms with Gasteiger partial charge in [0.05, 0.1) is 17.2 Å². The van der Waals surface area contributed by atoms with E-state index in [0.29, 0.717) is 29.5 Å². The van der Waals surface area contributed by atoms with Gasteiger partial charge in [-0.1, -0.05) is 42.5 Å². The highest BCUT2D eigenvalue weighted by Crippen LogP contribution is 2.46. The minimum Gasteiger partial charge on any atom is -0.489 e. The number of nitrogens with one attached hydrogen (secondary N) is 1. The van der Waals surface area contributed by atoms with Crippen molar-refractivity contribution in [3.05, 3.63) is 107 Å². The van der Waals surface area contributed by atoms with Crippen LogP contribution in [0.1, 0.15) is 22.6 Å². The first-order valence-electron chi connectivity index (χ1n) is 11.5. The van der Waals surface area contributed by atoms with Gasteiger partial charge in [0.1, 0.15) is 29.7 Å².